The molecule has 0 unspecified atom stereocenters. The van der Waals surface area contributed by atoms with E-state index in [-0.39, 0.29) is 30.0 Å². The molecule has 1 aliphatic heterocycles. The molecule has 2 heterocycles. The third-order valence-electron chi connectivity index (χ3n) is 8.02. The van der Waals surface area contributed by atoms with E-state index >= 15 is 0 Å². The molecule has 0 aliphatic carbocycles. The second kappa shape index (κ2) is 14.1. The first-order valence-corrected chi connectivity index (χ1v) is 14.7. The Hall–Kier alpha value is -3.29. The number of halogens is 1. The van der Waals surface area contributed by atoms with Crippen molar-refractivity contribution in [2.45, 2.75) is 65.2 Å². The number of nitrogens with zero attached hydrogens (tertiary/aromatic N) is 2. The maximum Gasteiger partial charge on any atom is 0.307 e. The van der Waals surface area contributed by atoms with Gasteiger partial charge in [-0.3, -0.25) is 14.5 Å². The smallest absolute Gasteiger partial charge is 0.307 e. The molecule has 0 saturated carbocycles. The van der Waals surface area contributed by atoms with Crippen molar-refractivity contribution in [1.82, 2.24) is 14.8 Å². The lowest BCUT2D eigenvalue weighted by Crippen LogP contribution is -2.48. The van der Waals surface area contributed by atoms with Gasteiger partial charge in [-0.2, -0.15) is 0 Å². The first-order valence-electron chi connectivity index (χ1n) is 14.7. The molecule has 4 rings (SSSR count). The normalized spacial score (nSPS) is 15.5. The average Bonchev–Trinajstić information content (AvgIpc) is 2.92. The number of hydrogen-bond donors (Lipinski definition) is 1. The summed E-state index contributed by atoms with van der Waals surface area (Å²) < 4.78 is 20.1. The highest BCUT2D eigenvalue weighted by Crippen LogP contribution is 2.30. The summed E-state index contributed by atoms with van der Waals surface area (Å²) in [4.78, 5) is 27.6. The van der Waals surface area contributed by atoms with Gasteiger partial charge in [0.05, 0.1) is 13.5 Å². The van der Waals surface area contributed by atoms with E-state index in [1.165, 1.54) is 23.8 Å². The van der Waals surface area contributed by atoms with Crippen molar-refractivity contribution < 1.29 is 13.9 Å². The Balaban J connectivity index is 1.57. The van der Waals surface area contributed by atoms with E-state index in [1.54, 1.807) is 6.07 Å². The monoisotopic (exact) mass is 561 g/mol. The van der Waals surface area contributed by atoms with Crippen LogP contribution in [-0.4, -0.2) is 54.9 Å². The van der Waals surface area contributed by atoms with Crippen molar-refractivity contribution in [1.29, 1.82) is 0 Å². The topological polar surface area (TPSA) is 63.6 Å². The number of ether oxygens (including phenoxy) is 1. The molecule has 1 fully saturated rings. The Morgan fingerprint density at radius 2 is 1.78 bits per heavy atom. The van der Waals surface area contributed by atoms with Crippen molar-refractivity contribution in [2.24, 2.45) is 5.92 Å². The molecule has 0 amide bonds. The number of carbonyl (C=O) groups excluding carboxylic acids is 1. The number of aromatic nitrogens is 1. The van der Waals surface area contributed by atoms with Gasteiger partial charge in [0, 0.05) is 50.5 Å². The minimum atomic E-state index is -0.718. The van der Waals surface area contributed by atoms with Crippen LogP contribution in [0, 0.1) is 19.8 Å². The van der Waals surface area contributed by atoms with E-state index in [9.17, 15) is 14.0 Å². The van der Waals surface area contributed by atoms with Gasteiger partial charge in [0.15, 0.2) is 0 Å². The van der Waals surface area contributed by atoms with Crippen LogP contribution in [0.15, 0.2) is 65.6 Å². The molecule has 2 aromatic carbocycles. The highest BCUT2D eigenvalue weighted by atomic mass is 19.1. The van der Waals surface area contributed by atoms with Gasteiger partial charge in [0.25, 0.3) is 5.56 Å². The first kappa shape index (κ1) is 30.7. The Morgan fingerprint density at radius 1 is 1.07 bits per heavy atom. The third kappa shape index (κ3) is 8.14. The van der Waals surface area contributed by atoms with Gasteiger partial charge in [0.1, 0.15) is 6.17 Å². The number of rotatable bonds is 13. The largest absolute Gasteiger partial charge is 0.469 e. The van der Waals surface area contributed by atoms with E-state index in [0.717, 1.165) is 36.1 Å². The fourth-order valence-electron chi connectivity index (χ4n) is 5.82. The average molecular weight is 562 g/mol. The predicted molar refractivity (Wildman–Crippen MR) is 163 cm³/mol. The molecular weight excluding hydrogens is 517 g/mol. The molecule has 6 nitrogen and oxygen atoms in total. The van der Waals surface area contributed by atoms with Gasteiger partial charge in [-0.05, 0) is 72.1 Å². The number of hydrogen-bond acceptors (Lipinski definition) is 5. The molecule has 220 valence electrons. The number of nitrogens with one attached hydrogen (secondary N) is 1. The Labute approximate surface area is 243 Å². The standard InChI is InChI=1S/C34H44FN3O3/c1-23(2)16-30(38-20-26(12-13-32(38)39)14-15-37-21-29(35)22-37)19-36-31(18-33(40)41-5)27-10-7-11-28(17-27)34-24(3)8-6-9-25(34)4/h6-13,17,20,23,29-31,36H,14-16,18-19,21-22H2,1-5H3/t30-,31-/m0/s1. The van der Waals surface area contributed by atoms with Gasteiger partial charge < -0.3 is 14.6 Å². The SMILES string of the molecule is COC(=O)C[C@H](NC[C@H](CC(C)C)n1cc(CCN2CC(F)C2)ccc1=O)c1cccc(-c2c(C)cccc2C)c1. The highest BCUT2D eigenvalue weighted by molar-refractivity contribution is 5.73. The Kier molecular flexibility index (Phi) is 10.5. The summed E-state index contributed by atoms with van der Waals surface area (Å²) in [6, 6.07) is 17.8. The van der Waals surface area contributed by atoms with Gasteiger partial charge in [0.2, 0.25) is 0 Å². The number of methoxy groups -OCH3 is 1. The molecule has 1 aromatic heterocycles. The van der Waals surface area contributed by atoms with Crippen molar-refractivity contribution >= 4 is 5.97 Å². The molecule has 0 radical (unpaired) electrons. The van der Waals surface area contributed by atoms with Crippen molar-refractivity contribution in [3.05, 3.63) is 93.4 Å². The second-order valence-corrected chi connectivity index (χ2v) is 11.8. The zero-order chi connectivity index (χ0) is 29.5. The van der Waals surface area contributed by atoms with E-state index in [1.807, 2.05) is 29.0 Å². The molecule has 0 spiro atoms. The van der Waals surface area contributed by atoms with Crippen LogP contribution in [-0.2, 0) is 16.0 Å². The fourth-order valence-corrected chi connectivity index (χ4v) is 5.82. The zero-order valence-corrected chi connectivity index (χ0v) is 25.0. The van der Waals surface area contributed by atoms with Crippen LogP contribution in [0.2, 0.25) is 0 Å². The molecule has 3 aromatic rings. The molecule has 41 heavy (non-hydrogen) atoms. The maximum absolute atomic E-state index is 13.2. The van der Waals surface area contributed by atoms with Gasteiger partial charge in [-0.1, -0.05) is 56.3 Å². The van der Waals surface area contributed by atoms with Crippen LogP contribution in [0.4, 0.5) is 4.39 Å². The Bertz CT molecular complexity index is 1360. The van der Waals surface area contributed by atoms with Crippen LogP contribution in [0.25, 0.3) is 11.1 Å². The number of benzene rings is 2. The van der Waals surface area contributed by atoms with Gasteiger partial charge >= 0.3 is 5.97 Å². The number of carbonyl (C=O) groups is 1. The number of likely N-dealkylation sites (tertiary alicyclic amines) is 1. The summed E-state index contributed by atoms with van der Waals surface area (Å²) in [7, 11) is 1.41. The lowest BCUT2D eigenvalue weighted by Gasteiger charge is -2.34. The number of pyridine rings is 1. The summed E-state index contributed by atoms with van der Waals surface area (Å²) in [6.45, 7) is 10.8. The van der Waals surface area contributed by atoms with Gasteiger partial charge in [-0.15, -0.1) is 0 Å². The molecular formula is C34H44FN3O3. The fraction of sp³-hybridized carbons (Fsp3) is 0.471. The lowest BCUT2D eigenvalue weighted by molar-refractivity contribution is -0.141. The van der Waals surface area contributed by atoms with Crippen LogP contribution < -0.4 is 10.9 Å². The molecule has 1 aliphatic rings. The van der Waals surface area contributed by atoms with E-state index in [0.29, 0.717) is 25.6 Å². The second-order valence-electron chi connectivity index (χ2n) is 11.8. The minimum Gasteiger partial charge on any atom is -0.469 e. The summed E-state index contributed by atoms with van der Waals surface area (Å²) in [6.07, 6.45) is 3.00. The summed E-state index contributed by atoms with van der Waals surface area (Å²) in [5, 5.41) is 3.62. The summed E-state index contributed by atoms with van der Waals surface area (Å²) >= 11 is 0. The molecule has 1 saturated heterocycles. The zero-order valence-electron chi connectivity index (χ0n) is 25.0. The van der Waals surface area contributed by atoms with Crippen molar-refractivity contribution in [3.8, 4) is 11.1 Å². The number of alkyl halides is 1. The van der Waals surface area contributed by atoms with Crippen molar-refractivity contribution in [3.63, 3.8) is 0 Å². The third-order valence-corrected chi connectivity index (χ3v) is 8.02. The molecule has 7 heteroatoms. The number of esters is 1. The highest BCUT2D eigenvalue weighted by Gasteiger charge is 2.26. The molecule has 1 N–H and O–H groups in total. The van der Waals surface area contributed by atoms with Crippen LogP contribution >= 0.6 is 0 Å². The minimum absolute atomic E-state index is 0.0458. The predicted octanol–water partition coefficient (Wildman–Crippen LogP) is 5.81. The maximum atomic E-state index is 13.2. The molecule has 2 atom stereocenters. The van der Waals surface area contributed by atoms with E-state index in [4.69, 9.17) is 4.74 Å². The van der Waals surface area contributed by atoms with E-state index in [2.05, 4.69) is 68.2 Å². The summed E-state index contributed by atoms with van der Waals surface area (Å²) in [5.74, 6) is 0.0763. The number of aryl methyl sites for hydroxylation is 2. The van der Waals surface area contributed by atoms with E-state index < -0.39 is 6.17 Å². The quantitative estimate of drug-likeness (QED) is 0.267. The Morgan fingerprint density at radius 3 is 2.44 bits per heavy atom. The van der Waals surface area contributed by atoms with Crippen LogP contribution in [0.1, 0.15) is 61.0 Å². The summed E-state index contributed by atoms with van der Waals surface area (Å²) in [5.41, 5.74) is 6.74. The van der Waals surface area contributed by atoms with Gasteiger partial charge in [-0.25, -0.2) is 4.39 Å². The molecule has 0 bridgehead atoms. The van der Waals surface area contributed by atoms with Crippen LogP contribution in [0.5, 0.6) is 0 Å². The first-order chi connectivity index (χ1) is 19.6. The van der Waals surface area contributed by atoms with Crippen molar-refractivity contribution in [2.75, 3.05) is 33.3 Å². The lowest BCUT2D eigenvalue weighted by atomic mass is 9.92. The van der Waals surface area contributed by atoms with Crippen LogP contribution in [0.3, 0.4) is 0 Å².